The summed E-state index contributed by atoms with van der Waals surface area (Å²) in [5.74, 6) is 2.09. The van der Waals surface area contributed by atoms with E-state index in [-0.39, 0.29) is 5.91 Å². The van der Waals surface area contributed by atoms with E-state index < -0.39 is 0 Å². The lowest BCUT2D eigenvalue weighted by Gasteiger charge is -2.14. The van der Waals surface area contributed by atoms with Crippen molar-refractivity contribution in [3.05, 3.63) is 53.5 Å². The number of rotatable bonds is 5. The van der Waals surface area contributed by atoms with E-state index in [1.54, 1.807) is 19.2 Å². The van der Waals surface area contributed by atoms with Crippen molar-refractivity contribution >= 4 is 5.91 Å². The van der Waals surface area contributed by atoms with Crippen LogP contribution in [0.4, 0.5) is 0 Å². The summed E-state index contributed by atoms with van der Waals surface area (Å²) in [6, 6.07) is 11.5. The highest BCUT2D eigenvalue weighted by atomic mass is 16.5. The number of amides is 1. The lowest BCUT2D eigenvalue weighted by atomic mass is 9.97. The van der Waals surface area contributed by atoms with Crippen molar-refractivity contribution in [2.24, 2.45) is 5.92 Å². The van der Waals surface area contributed by atoms with Crippen LogP contribution < -0.4 is 10.1 Å². The molecule has 122 valence electrons. The monoisotopic (exact) mass is 315 g/mol. The lowest BCUT2D eigenvalue weighted by Crippen LogP contribution is -2.30. The normalized spacial score (nSPS) is 17.0. The fourth-order valence-electron chi connectivity index (χ4n) is 2.78. The van der Waals surface area contributed by atoms with Crippen molar-refractivity contribution in [1.29, 1.82) is 0 Å². The standard InChI is InChI=1S/C18H21NO4/c1-21-12-15-6-7-17(23-15)18(20)19-11-13-8-9-22-16-5-3-2-4-14(16)10-13/h2-7,13H,8-12H2,1H3,(H,19,20). The molecule has 2 aromatic rings. The quantitative estimate of drug-likeness (QED) is 0.921. The van der Waals surface area contributed by atoms with Crippen LogP contribution in [0, 0.1) is 5.92 Å². The summed E-state index contributed by atoms with van der Waals surface area (Å²) in [4.78, 5) is 12.2. The topological polar surface area (TPSA) is 60.7 Å². The Kier molecular flexibility index (Phi) is 4.98. The minimum absolute atomic E-state index is 0.189. The third-order valence-electron chi connectivity index (χ3n) is 3.99. The van der Waals surface area contributed by atoms with Gasteiger partial charge in [-0.05, 0) is 42.5 Å². The zero-order valence-electron chi connectivity index (χ0n) is 13.2. The van der Waals surface area contributed by atoms with E-state index in [4.69, 9.17) is 13.9 Å². The third kappa shape index (κ3) is 3.93. The zero-order chi connectivity index (χ0) is 16.1. The minimum Gasteiger partial charge on any atom is -0.493 e. The molecule has 0 aliphatic carbocycles. The van der Waals surface area contributed by atoms with Crippen LogP contribution in [-0.4, -0.2) is 26.2 Å². The molecule has 1 amide bonds. The Morgan fingerprint density at radius 3 is 3.04 bits per heavy atom. The number of para-hydroxylation sites is 1. The first-order chi connectivity index (χ1) is 11.3. The molecule has 1 N–H and O–H groups in total. The van der Waals surface area contributed by atoms with E-state index in [0.717, 1.165) is 18.6 Å². The molecule has 0 fully saturated rings. The molecule has 1 aromatic heterocycles. The molecule has 5 nitrogen and oxygen atoms in total. The summed E-state index contributed by atoms with van der Waals surface area (Å²) in [6.07, 6.45) is 1.82. The Balaban J connectivity index is 1.56. The van der Waals surface area contributed by atoms with Crippen LogP contribution in [0.25, 0.3) is 0 Å². The number of methoxy groups -OCH3 is 1. The fraction of sp³-hybridized carbons (Fsp3) is 0.389. The summed E-state index contributed by atoms with van der Waals surface area (Å²) in [5.41, 5.74) is 1.20. The highest BCUT2D eigenvalue weighted by molar-refractivity contribution is 5.91. The van der Waals surface area contributed by atoms with Gasteiger partial charge in [0.2, 0.25) is 0 Å². The van der Waals surface area contributed by atoms with E-state index in [1.807, 2.05) is 18.2 Å². The van der Waals surface area contributed by atoms with Crippen molar-refractivity contribution in [2.75, 3.05) is 20.3 Å². The Bertz CT molecular complexity index is 665. The van der Waals surface area contributed by atoms with Crippen molar-refractivity contribution < 1.29 is 18.7 Å². The molecule has 1 atom stereocenters. The van der Waals surface area contributed by atoms with Crippen molar-refractivity contribution in [2.45, 2.75) is 19.4 Å². The van der Waals surface area contributed by atoms with Gasteiger partial charge < -0.3 is 19.2 Å². The Morgan fingerprint density at radius 2 is 2.17 bits per heavy atom. The number of hydrogen-bond donors (Lipinski definition) is 1. The summed E-state index contributed by atoms with van der Waals surface area (Å²) in [5, 5.41) is 2.95. The van der Waals surface area contributed by atoms with Gasteiger partial charge in [0.1, 0.15) is 18.1 Å². The second kappa shape index (κ2) is 7.33. The molecule has 1 aliphatic heterocycles. The SMILES string of the molecule is COCc1ccc(C(=O)NCC2CCOc3ccccc3C2)o1. The van der Waals surface area contributed by atoms with Crippen LogP contribution >= 0.6 is 0 Å². The zero-order valence-corrected chi connectivity index (χ0v) is 13.2. The van der Waals surface area contributed by atoms with Gasteiger partial charge in [-0.15, -0.1) is 0 Å². The first-order valence-electron chi connectivity index (χ1n) is 7.83. The van der Waals surface area contributed by atoms with Gasteiger partial charge in [-0.25, -0.2) is 0 Å². The molecule has 3 rings (SSSR count). The van der Waals surface area contributed by atoms with Gasteiger partial charge in [0.25, 0.3) is 5.91 Å². The Morgan fingerprint density at radius 1 is 1.30 bits per heavy atom. The number of carbonyl (C=O) groups excluding carboxylic acids is 1. The summed E-state index contributed by atoms with van der Waals surface area (Å²) in [7, 11) is 1.59. The lowest BCUT2D eigenvalue weighted by molar-refractivity contribution is 0.0909. The smallest absolute Gasteiger partial charge is 0.287 e. The second-order valence-electron chi connectivity index (χ2n) is 5.72. The van der Waals surface area contributed by atoms with Gasteiger partial charge >= 0.3 is 0 Å². The highest BCUT2D eigenvalue weighted by Gasteiger charge is 2.19. The molecule has 1 unspecified atom stereocenters. The third-order valence-corrected chi connectivity index (χ3v) is 3.99. The average Bonchev–Trinajstić information content (AvgIpc) is 2.92. The minimum atomic E-state index is -0.189. The molecule has 0 radical (unpaired) electrons. The van der Waals surface area contributed by atoms with E-state index in [2.05, 4.69) is 11.4 Å². The summed E-state index contributed by atoms with van der Waals surface area (Å²) < 4.78 is 16.2. The van der Waals surface area contributed by atoms with Crippen LogP contribution in [0.3, 0.4) is 0 Å². The van der Waals surface area contributed by atoms with Crippen molar-refractivity contribution in [3.8, 4) is 5.75 Å². The van der Waals surface area contributed by atoms with E-state index in [0.29, 0.717) is 37.2 Å². The molecule has 0 saturated carbocycles. The average molecular weight is 315 g/mol. The number of hydrogen-bond acceptors (Lipinski definition) is 4. The maximum absolute atomic E-state index is 12.2. The van der Waals surface area contributed by atoms with E-state index in [1.165, 1.54) is 5.56 Å². The first kappa shape index (κ1) is 15.6. The predicted octanol–water partition coefficient (Wildman–Crippen LogP) is 2.80. The van der Waals surface area contributed by atoms with Crippen LogP contribution in [0.1, 0.15) is 28.3 Å². The van der Waals surface area contributed by atoms with Gasteiger partial charge in [0.15, 0.2) is 5.76 Å². The van der Waals surface area contributed by atoms with E-state index >= 15 is 0 Å². The fourth-order valence-corrected chi connectivity index (χ4v) is 2.78. The molecule has 5 heteroatoms. The molecule has 1 aliphatic rings. The number of furan rings is 1. The number of benzene rings is 1. The maximum Gasteiger partial charge on any atom is 0.287 e. The van der Waals surface area contributed by atoms with Crippen LogP contribution in [-0.2, 0) is 17.8 Å². The van der Waals surface area contributed by atoms with Gasteiger partial charge in [-0.1, -0.05) is 18.2 Å². The van der Waals surface area contributed by atoms with Crippen LogP contribution in [0.15, 0.2) is 40.8 Å². The van der Waals surface area contributed by atoms with Gasteiger partial charge in [-0.3, -0.25) is 4.79 Å². The van der Waals surface area contributed by atoms with Crippen molar-refractivity contribution in [1.82, 2.24) is 5.32 Å². The van der Waals surface area contributed by atoms with Gasteiger partial charge in [0, 0.05) is 13.7 Å². The molecule has 23 heavy (non-hydrogen) atoms. The molecular formula is C18H21NO4. The molecule has 2 heterocycles. The Hall–Kier alpha value is -2.27. The maximum atomic E-state index is 12.2. The van der Waals surface area contributed by atoms with Crippen molar-refractivity contribution in [3.63, 3.8) is 0 Å². The summed E-state index contributed by atoms with van der Waals surface area (Å²) >= 11 is 0. The predicted molar refractivity (Wildman–Crippen MR) is 85.5 cm³/mol. The molecule has 0 bridgehead atoms. The number of fused-ring (bicyclic) bond motifs is 1. The molecule has 1 aromatic carbocycles. The number of nitrogens with one attached hydrogen (secondary N) is 1. The second-order valence-corrected chi connectivity index (χ2v) is 5.72. The summed E-state index contributed by atoms with van der Waals surface area (Å²) in [6.45, 7) is 1.65. The van der Waals surface area contributed by atoms with Gasteiger partial charge in [0.05, 0.1) is 6.61 Å². The molecular weight excluding hydrogens is 294 g/mol. The molecule has 0 spiro atoms. The first-order valence-corrected chi connectivity index (χ1v) is 7.83. The van der Waals surface area contributed by atoms with Crippen LogP contribution in [0.2, 0.25) is 0 Å². The number of carbonyl (C=O) groups is 1. The van der Waals surface area contributed by atoms with Gasteiger partial charge in [-0.2, -0.15) is 0 Å². The van der Waals surface area contributed by atoms with E-state index in [9.17, 15) is 4.79 Å². The largest absolute Gasteiger partial charge is 0.493 e. The Labute approximate surface area is 135 Å². The highest BCUT2D eigenvalue weighted by Crippen LogP contribution is 2.26. The number of ether oxygens (including phenoxy) is 2. The molecule has 0 saturated heterocycles. The van der Waals surface area contributed by atoms with Crippen LogP contribution in [0.5, 0.6) is 5.75 Å².